The molecule has 0 aliphatic heterocycles. The van der Waals surface area contributed by atoms with Crippen molar-refractivity contribution >= 4 is 29.0 Å². The van der Waals surface area contributed by atoms with Gasteiger partial charge in [-0.1, -0.05) is 49.7 Å². The zero-order valence-electron chi connectivity index (χ0n) is 24.4. The lowest BCUT2D eigenvalue weighted by atomic mass is 9.73. The van der Waals surface area contributed by atoms with Crippen LogP contribution in [-0.4, -0.2) is 17.5 Å². The molecule has 11 heteroatoms. The number of phenolic OH excluding ortho intramolecular Hbond substituents is 1. The van der Waals surface area contributed by atoms with Crippen LogP contribution in [0.1, 0.15) is 43.4 Å². The van der Waals surface area contributed by atoms with Crippen LogP contribution in [-0.2, 0) is 18.3 Å². The number of para-hydroxylation sites is 1. The van der Waals surface area contributed by atoms with E-state index in [0.717, 1.165) is 23.8 Å². The lowest BCUT2D eigenvalue weighted by Gasteiger charge is -2.31. The number of aromatic hydroxyl groups is 1. The number of fused-ring (bicyclic) bond motifs is 1. The van der Waals surface area contributed by atoms with E-state index in [9.17, 15) is 27.5 Å². The lowest BCUT2D eigenvalue weighted by Crippen LogP contribution is -2.24. The average Bonchev–Trinajstić information content (AvgIpc) is 3.07. The number of benzene rings is 4. The number of rotatable bonds is 6. The second kappa shape index (κ2) is 12.6. The van der Waals surface area contributed by atoms with E-state index in [1.54, 1.807) is 18.2 Å². The standard InChI is InChI=1S/C34H30ClF5N2O3/c1-33(2)18-19(7-13-24-29(43)17-27(37)30(31(24)33)21-8-14-25(35)26(36)16-21)15-20-5-3-4-6-28(20)42-32(44)41-22-9-11-23(12-10-22)45-34(38,39)40/h3-6,8-12,14,16-17,19,43H,7,13,15,18H2,1-2H3,(H2,41,42,44). The Morgan fingerprint density at radius 3 is 2.40 bits per heavy atom. The number of anilines is 2. The molecule has 0 aromatic heterocycles. The van der Waals surface area contributed by atoms with E-state index in [4.69, 9.17) is 11.6 Å². The Kier molecular flexibility index (Phi) is 8.98. The van der Waals surface area contributed by atoms with Gasteiger partial charge in [0.1, 0.15) is 23.1 Å². The van der Waals surface area contributed by atoms with Gasteiger partial charge in [0.15, 0.2) is 0 Å². The number of carbonyl (C=O) groups excluding carboxylic acids is 1. The summed E-state index contributed by atoms with van der Waals surface area (Å²) in [5.74, 6) is -1.80. The van der Waals surface area contributed by atoms with Crippen LogP contribution >= 0.6 is 11.6 Å². The van der Waals surface area contributed by atoms with Crippen molar-refractivity contribution in [3.63, 3.8) is 0 Å². The summed E-state index contributed by atoms with van der Waals surface area (Å²) in [6.45, 7) is 3.95. The smallest absolute Gasteiger partial charge is 0.508 e. The van der Waals surface area contributed by atoms with Gasteiger partial charge in [-0.05, 0) is 102 Å². The van der Waals surface area contributed by atoms with E-state index < -0.39 is 35.2 Å². The number of carbonyl (C=O) groups is 1. The number of ether oxygens (including phenoxy) is 1. The third-order valence-corrected chi connectivity index (χ3v) is 8.28. The molecule has 1 aliphatic rings. The molecule has 4 aromatic carbocycles. The van der Waals surface area contributed by atoms with E-state index >= 15 is 4.39 Å². The third kappa shape index (κ3) is 7.50. The van der Waals surface area contributed by atoms with Crippen molar-refractivity contribution < 1.29 is 36.6 Å². The fourth-order valence-electron chi connectivity index (χ4n) is 6.22. The van der Waals surface area contributed by atoms with Crippen LogP contribution in [0.25, 0.3) is 11.1 Å². The van der Waals surface area contributed by atoms with Crippen molar-refractivity contribution in [1.29, 1.82) is 0 Å². The van der Waals surface area contributed by atoms with Crippen LogP contribution in [0.2, 0.25) is 5.02 Å². The normalized spacial score (nSPS) is 16.0. The first-order valence-corrected chi connectivity index (χ1v) is 14.6. The molecule has 0 saturated heterocycles. The number of hydrogen-bond acceptors (Lipinski definition) is 3. The molecule has 1 aliphatic carbocycles. The minimum Gasteiger partial charge on any atom is -0.508 e. The maximum Gasteiger partial charge on any atom is 0.573 e. The Hall–Kier alpha value is -4.31. The van der Waals surface area contributed by atoms with Gasteiger partial charge in [0.25, 0.3) is 0 Å². The molecule has 0 saturated carbocycles. The molecule has 1 atom stereocenters. The van der Waals surface area contributed by atoms with Crippen molar-refractivity contribution in [2.45, 2.75) is 51.3 Å². The van der Waals surface area contributed by atoms with Crippen molar-refractivity contribution in [2.75, 3.05) is 10.6 Å². The maximum atomic E-state index is 15.5. The topological polar surface area (TPSA) is 70.6 Å². The number of phenols is 1. The summed E-state index contributed by atoms with van der Waals surface area (Å²) in [6.07, 6.45) is -2.52. The largest absolute Gasteiger partial charge is 0.573 e. The average molecular weight is 645 g/mol. The Morgan fingerprint density at radius 1 is 1.00 bits per heavy atom. The summed E-state index contributed by atoms with van der Waals surface area (Å²) in [4.78, 5) is 12.8. The van der Waals surface area contributed by atoms with Crippen LogP contribution in [0, 0.1) is 17.6 Å². The fraction of sp³-hybridized carbons (Fsp3) is 0.265. The molecule has 5 rings (SSSR count). The number of hydrogen-bond donors (Lipinski definition) is 3. The highest BCUT2D eigenvalue weighted by atomic mass is 35.5. The van der Waals surface area contributed by atoms with E-state index in [2.05, 4.69) is 15.4 Å². The second-order valence-electron chi connectivity index (χ2n) is 11.7. The Bertz CT molecular complexity index is 1720. The number of alkyl halides is 3. The van der Waals surface area contributed by atoms with Gasteiger partial charge in [-0.2, -0.15) is 0 Å². The number of amides is 2. The molecular weight excluding hydrogens is 615 g/mol. The first kappa shape index (κ1) is 32.1. The van der Waals surface area contributed by atoms with Crippen LogP contribution < -0.4 is 15.4 Å². The fourth-order valence-corrected chi connectivity index (χ4v) is 6.33. The Morgan fingerprint density at radius 2 is 1.71 bits per heavy atom. The SMILES string of the molecule is CC1(C)CC(Cc2ccccc2NC(=O)Nc2ccc(OC(F)(F)F)cc2)CCc2c(O)cc(F)c(-c3ccc(Cl)c(F)c3)c21. The number of urea groups is 1. The van der Waals surface area contributed by atoms with Gasteiger partial charge < -0.3 is 20.5 Å². The molecule has 0 radical (unpaired) electrons. The highest BCUT2D eigenvalue weighted by Gasteiger charge is 2.36. The van der Waals surface area contributed by atoms with E-state index in [1.807, 2.05) is 26.0 Å². The van der Waals surface area contributed by atoms with Gasteiger partial charge in [-0.15, -0.1) is 13.2 Å². The monoisotopic (exact) mass is 644 g/mol. The molecule has 4 aromatic rings. The molecule has 0 bridgehead atoms. The molecule has 3 N–H and O–H groups in total. The highest BCUT2D eigenvalue weighted by molar-refractivity contribution is 6.30. The maximum absolute atomic E-state index is 15.5. The van der Waals surface area contributed by atoms with Gasteiger partial charge in [-0.3, -0.25) is 0 Å². The summed E-state index contributed by atoms with van der Waals surface area (Å²) in [5, 5.41) is 16.2. The van der Waals surface area contributed by atoms with Gasteiger partial charge in [-0.25, -0.2) is 13.6 Å². The molecular formula is C34H30ClF5N2O3. The summed E-state index contributed by atoms with van der Waals surface area (Å²) in [6, 6.07) is 16.7. The lowest BCUT2D eigenvalue weighted by molar-refractivity contribution is -0.274. The Labute approximate surface area is 262 Å². The zero-order chi connectivity index (χ0) is 32.5. The van der Waals surface area contributed by atoms with E-state index in [0.29, 0.717) is 48.1 Å². The first-order chi connectivity index (χ1) is 21.2. The third-order valence-electron chi connectivity index (χ3n) is 7.97. The van der Waals surface area contributed by atoms with Crippen molar-refractivity contribution in [2.24, 2.45) is 5.92 Å². The van der Waals surface area contributed by atoms with Gasteiger partial charge in [0.05, 0.1) is 5.02 Å². The van der Waals surface area contributed by atoms with Gasteiger partial charge >= 0.3 is 12.4 Å². The predicted molar refractivity (Wildman–Crippen MR) is 164 cm³/mol. The molecule has 236 valence electrons. The highest BCUT2D eigenvalue weighted by Crippen LogP contribution is 2.48. The molecule has 0 fully saturated rings. The van der Waals surface area contributed by atoms with Gasteiger partial charge in [0, 0.05) is 23.0 Å². The minimum atomic E-state index is -4.82. The molecule has 1 unspecified atom stereocenters. The molecule has 45 heavy (non-hydrogen) atoms. The minimum absolute atomic E-state index is 0.0665. The van der Waals surface area contributed by atoms with Crippen LogP contribution in [0.3, 0.4) is 0 Å². The summed E-state index contributed by atoms with van der Waals surface area (Å²) in [5.41, 5.74) is 2.87. The number of nitrogens with one attached hydrogen (secondary N) is 2. The Balaban J connectivity index is 1.35. The second-order valence-corrected chi connectivity index (χ2v) is 12.1. The van der Waals surface area contributed by atoms with E-state index in [1.165, 1.54) is 24.3 Å². The van der Waals surface area contributed by atoms with Crippen molar-refractivity contribution in [3.05, 3.63) is 106 Å². The summed E-state index contributed by atoms with van der Waals surface area (Å²) in [7, 11) is 0. The predicted octanol–water partition coefficient (Wildman–Crippen LogP) is 10.0. The zero-order valence-corrected chi connectivity index (χ0v) is 25.1. The molecule has 5 nitrogen and oxygen atoms in total. The van der Waals surface area contributed by atoms with E-state index in [-0.39, 0.29) is 27.9 Å². The van der Waals surface area contributed by atoms with Crippen LogP contribution in [0.5, 0.6) is 11.5 Å². The summed E-state index contributed by atoms with van der Waals surface area (Å²) < 4.78 is 71.1. The first-order valence-electron chi connectivity index (χ1n) is 14.2. The van der Waals surface area contributed by atoms with Crippen molar-refractivity contribution in [1.82, 2.24) is 0 Å². The van der Waals surface area contributed by atoms with Gasteiger partial charge in [0.2, 0.25) is 0 Å². The molecule has 0 heterocycles. The van der Waals surface area contributed by atoms with Crippen molar-refractivity contribution in [3.8, 4) is 22.6 Å². The molecule has 0 spiro atoms. The molecule has 2 amide bonds. The number of halogens is 6. The quantitative estimate of drug-likeness (QED) is 0.145. The summed E-state index contributed by atoms with van der Waals surface area (Å²) >= 11 is 5.89. The van der Waals surface area contributed by atoms with Crippen LogP contribution in [0.15, 0.2) is 72.8 Å². The van der Waals surface area contributed by atoms with Crippen LogP contribution in [0.4, 0.5) is 38.1 Å².